The lowest BCUT2D eigenvalue weighted by molar-refractivity contribution is 0.266. The summed E-state index contributed by atoms with van der Waals surface area (Å²) in [5.41, 5.74) is 6.91. The van der Waals surface area contributed by atoms with Crippen molar-refractivity contribution < 1.29 is 0 Å². The van der Waals surface area contributed by atoms with Gasteiger partial charge < -0.3 is 9.55 Å². The van der Waals surface area contributed by atoms with Crippen LogP contribution in [0.1, 0.15) is 57.2 Å². The summed E-state index contributed by atoms with van der Waals surface area (Å²) in [7, 11) is 2.20. The molecular formula is C26H33N3. The number of nitrogens with zero attached hydrogens (tertiary/aromatic N) is 2. The zero-order valence-electron chi connectivity index (χ0n) is 18.6. The summed E-state index contributed by atoms with van der Waals surface area (Å²) in [5, 5.41) is 2.75. The number of aromatic nitrogens is 2. The SMILES string of the molecule is CC(C)c1cccc2[nH]cc(CN(C)Cn3ccc4c(C(C)(C)C)cccc43)c12. The predicted molar refractivity (Wildman–Crippen MR) is 124 cm³/mol. The lowest BCUT2D eigenvalue weighted by atomic mass is 9.85. The van der Waals surface area contributed by atoms with Gasteiger partial charge in [0.1, 0.15) is 0 Å². The van der Waals surface area contributed by atoms with Crippen molar-refractivity contribution in [2.75, 3.05) is 7.05 Å². The van der Waals surface area contributed by atoms with Gasteiger partial charge in [-0.05, 0) is 53.3 Å². The molecule has 0 radical (unpaired) electrons. The van der Waals surface area contributed by atoms with Crippen LogP contribution < -0.4 is 0 Å². The molecule has 0 saturated carbocycles. The van der Waals surface area contributed by atoms with E-state index in [1.807, 2.05) is 0 Å². The van der Waals surface area contributed by atoms with Crippen molar-refractivity contribution in [1.29, 1.82) is 0 Å². The highest BCUT2D eigenvalue weighted by Gasteiger charge is 2.18. The molecule has 152 valence electrons. The first kappa shape index (κ1) is 19.8. The van der Waals surface area contributed by atoms with E-state index in [9.17, 15) is 0 Å². The summed E-state index contributed by atoms with van der Waals surface area (Å²) >= 11 is 0. The molecule has 2 aromatic carbocycles. The molecule has 3 heteroatoms. The maximum absolute atomic E-state index is 3.47. The van der Waals surface area contributed by atoms with Crippen LogP contribution in [-0.2, 0) is 18.6 Å². The molecule has 4 rings (SSSR count). The molecular weight excluding hydrogens is 354 g/mol. The van der Waals surface area contributed by atoms with Crippen molar-refractivity contribution in [3.05, 3.63) is 71.5 Å². The molecule has 0 amide bonds. The van der Waals surface area contributed by atoms with E-state index in [0.717, 1.165) is 13.2 Å². The second-order valence-corrected chi connectivity index (χ2v) is 9.67. The highest BCUT2D eigenvalue weighted by atomic mass is 15.2. The van der Waals surface area contributed by atoms with Crippen molar-refractivity contribution >= 4 is 21.8 Å². The molecule has 0 spiro atoms. The Balaban J connectivity index is 1.62. The van der Waals surface area contributed by atoms with Crippen LogP contribution >= 0.6 is 0 Å². The van der Waals surface area contributed by atoms with Crippen molar-refractivity contribution in [1.82, 2.24) is 14.5 Å². The van der Waals surface area contributed by atoms with E-state index >= 15 is 0 Å². The fourth-order valence-corrected chi connectivity index (χ4v) is 4.49. The Kier molecular flexibility index (Phi) is 5.04. The summed E-state index contributed by atoms with van der Waals surface area (Å²) in [6, 6.07) is 15.5. The van der Waals surface area contributed by atoms with E-state index in [0.29, 0.717) is 5.92 Å². The van der Waals surface area contributed by atoms with Crippen LogP contribution in [0.25, 0.3) is 21.8 Å². The van der Waals surface area contributed by atoms with Gasteiger partial charge in [-0.3, -0.25) is 4.90 Å². The largest absolute Gasteiger partial charge is 0.361 e. The second-order valence-electron chi connectivity index (χ2n) is 9.67. The van der Waals surface area contributed by atoms with Gasteiger partial charge in [0, 0.05) is 40.7 Å². The van der Waals surface area contributed by atoms with Gasteiger partial charge in [0.2, 0.25) is 0 Å². The van der Waals surface area contributed by atoms with E-state index in [1.165, 1.54) is 38.5 Å². The zero-order chi connectivity index (χ0) is 20.8. The lowest BCUT2D eigenvalue weighted by Crippen LogP contribution is -2.21. The van der Waals surface area contributed by atoms with Gasteiger partial charge in [-0.1, -0.05) is 58.9 Å². The molecule has 0 fully saturated rings. The highest BCUT2D eigenvalue weighted by Crippen LogP contribution is 2.31. The van der Waals surface area contributed by atoms with Crippen LogP contribution in [0, 0.1) is 0 Å². The monoisotopic (exact) mass is 387 g/mol. The number of aromatic amines is 1. The van der Waals surface area contributed by atoms with Crippen LogP contribution in [0.4, 0.5) is 0 Å². The van der Waals surface area contributed by atoms with E-state index < -0.39 is 0 Å². The third-order valence-electron chi connectivity index (χ3n) is 5.90. The number of nitrogens with one attached hydrogen (secondary N) is 1. The van der Waals surface area contributed by atoms with Crippen LogP contribution in [0.2, 0.25) is 0 Å². The topological polar surface area (TPSA) is 24.0 Å². The lowest BCUT2D eigenvalue weighted by Gasteiger charge is -2.21. The first-order chi connectivity index (χ1) is 13.8. The Bertz CT molecular complexity index is 1140. The van der Waals surface area contributed by atoms with Gasteiger partial charge in [-0.15, -0.1) is 0 Å². The molecule has 0 unspecified atom stereocenters. The smallest absolute Gasteiger partial charge is 0.0751 e. The summed E-state index contributed by atoms with van der Waals surface area (Å²) < 4.78 is 2.36. The van der Waals surface area contributed by atoms with E-state index in [4.69, 9.17) is 0 Å². The van der Waals surface area contributed by atoms with Gasteiger partial charge >= 0.3 is 0 Å². The molecule has 3 nitrogen and oxygen atoms in total. The van der Waals surface area contributed by atoms with Crippen LogP contribution in [0.5, 0.6) is 0 Å². The fourth-order valence-electron chi connectivity index (χ4n) is 4.49. The quantitative estimate of drug-likeness (QED) is 0.408. The van der Waals surface area contributed by atoms with Crippen molar-refractivity contribution in [3.63, 3.8) is 0 Å². The highest BCUT2D eigenvalue weighted by molar-refractivity contribution is 5.87. The van der Waals surface area contributed by atoms with E-state index in [2.05, 4.69) is 111 Å². The number of benzene rings is 2. The third kappa shape index (κ3) is 3.72. The fraction of sp³-hybridized carbons (Fsp3) is 0.385. The maximum Gasteiger partial charge on any atom is 0.0751 e. The summed E-state index contributed by atoms with van der Waals surface area (Å²) in [4.78, 5) is 5.86. The number of rotatable bonds is 5. The molecule has 4 aromatic rings. The molecule has 0 aliphatic carbocycles. The summed E-state index contributed by atoms with van der Waals surface area (Å²) in [5.74, 6) is 0.516. The van der Waals surface area contributed by atoms with Crippen LogP contribution in [-0.4, -0.2) is 21.5 Å². The van der Waals surface area contributed by atoms with Crippen molar-refractivity contribution in [2.45, 2.75) is 59.2 Å². The molecule has 1 N–H and O–H groups in total. The normalized spacial score (nSPS) is 12.7. The van der Waals surface area contributed by atoms with Gasteiger partial charge in [0.25, 0.3) is 0 Å². The minimum absolute atomic E-state index is 0.148. The van der Waals surface area contributed by atoms with Gasteiger partial charge in [-0.25, -0.2) is 0 Å². The summed E-state index contributed by atoms with van der Waals surface area (Å²) in [6.45, 7) is 13.2. The van der Waals surface area contributed by atoms with E-state index in [1.54, 1.807) is 0 Å². The Morgan fingerprint density at radius 1 is 1.03 bits per heavy atom. The standard InChI is InChI=1S/C26H33N3/c1-18(2)20-9-7-11-23-25(20)19(15-27-23)16-28(6)17-29-14-13-21-22(26(3,4)5)10-8-12-24(21)29/h7-15,18,27H,16-17H2,1-6H3. The first-order valence-electron chi connectivity index (χ1n) is 10.6. The average Bonchev–Trinajstić information content (AvgIpc) is 3.25. The molecule has 0 aliphatic rings. The Morgan fingerprint density at radius 2 is 1.79 bits per heavy atom. The van der Waals surface area contributed by atoms with Crippen molar-refractivity contribution in [2.24, 2.45) is 0 Å². The molecule has 0 saturated heterocycles. The molecule has 2 heterocycles. The number of fused-ring (bicyclic) bond motifs is 2. The molecule has 2 aromatic heterocycles. The third-order valence-corrected chi connectivity index (χ3v) is 5.90. The second kappa shape index (κ2) is 7.38. The molecule has 0 bridgehead atoms. The number of hydrogen-bond donors (Lipinski definition) is 1. The Hall–Kier alpha value is -2.52. The first-order valence-corrected chi connectivity index (χ1v) is 10.6. The van der Waals surface area contributed by atoms with E-state index in [-0.39, 0.29) is 5.41 Å². The molecule has 29 heavy (non-hydrogen) atoms. The van der Waals surface area contributed by atoms with Gasteiger partial charge in [0.15, 0.2) is 0 Å². The zero-order valence-corrected chi connectivity index (χ0v) is 18.6. The minimum atomic E-state index is 0.148. The van der Waals surface area contributed by atoms with Gasteiger partial charge in [0.05, 0.1) is 6.67 Å². The number of hydrogen-bond acceptors (Lipinski definition) is 1. The minimum Gasteiger partial charge on any atom is -0.361 e. The number of H-pyrrole nitrogens is 1. The maximum atomic E-state index is 3.47. The molecule has 0 atom stereocenters. The van der Waals surface area contributed by atoms with Gasteiger partial charge in [-0.2, -0.15) is 0 Å². The molecule has 0 aliphatic heterocycles. The average molecular weight is 388 g/mol. The Morgan fingerprint density at radius 3 is 2.52 bits per heavy atom. The predicted octanol–water partition coefficient (Wildman–Crippen LogP) is 6.63. The van der Waals surface area contributed by atoms with Crippen LogP contribution in [0.15, 0.2) is 54.9 Å². The van der Waals surface area contributed by atoms with Crippen LogP contribution in [0.3, 0.4) is 0 Å². The van der Waals surface area contributed by atoms with Crippen molar-refractivity contribution in [3.8, 4) is 0 Å². The summed E-state index contributed by atoms with van der Waals surface area (Å²) in [6.07, 6.45) is 4.41. The Labute approximate surface area is 174 Å².